The fourth-order valence-corrected chi connectivity index (χ4v) is 3.90. The summed E-state index contributed by atoms with van der Waals surface area (Å²) in [7, 11) is 2.93. The van der Waals surface area contributed by atoms with E-state index in [1.54, 1.807) is 30.5 Å². The summed E-state index contributed by atoms with van der Waals surface area (Å²) >= 11 is 1.57. The number of imidazole rings is 1. The van der Waals surface area contributed by atoms with E-state index in [-0.39, 0.29) is 23.0 Å². The van der Waals surface area contributed by atoms with Gasteiger partial charge in [-0.15, -0.1) is 11.3 Å². The van der Waals surface area contributed by atoms with Crippen molar-refractivity contribution < 1.29 is 4.79 Å². The summed E-state index contributed by atoms with van der Waals surface area (Å²) in [4.78, 5) is 50.2. The van der Waals surface area contributed by atoms with Crippen molar-refractivity contribution in [1.29, 1.82) is 0 Å². The molecule has 11 heteroatoms. The summed E-state index contributed by atoms with van der Waals surface area (Å²) in [5.74, 6) is 0.227. The van der Waals surface area contributed by atoms with Crippen LogP contribution in [-0.4, -0.2) is 42.0 Å². The third-order valence-corrected chi connectivity index (χ3v) is 5.84. The third-order valence-electron chi connectivity index (χ3n) is 4.93. The van der Waals surface area contributed by atoms with E-state index in [0.717, 1.165) is 9.57 Å². The quantitative estimate of drug-likeness (QED) is 0.664. The number of aromatic nitrogens is 5. The molecule has 2 atom stereocenters. The lowest BCUT2D eigenvalue weighted by Crippen LogP contribution is -2.39. The summed E-state index contributed by atoms with van der Waals surface area (Å²) in [6.07, 6.45) is 6.87. The minimum Gasteiger partial charge on any atom is -0.312 e. The van der Waals surface area contributed by atoms with Gasteiger partial charge in [-0.05, 0) is 13.0 Å². The van der Waals surface area contributed by atoms with Crippen LogP contribution in [-0.2, 0) is 18.9 Å². The average molecular weight is 413 g/mol. The Bertz CT molecular complexity index is 1260. The minimum atomic E-state index is -0.724. The van der Waals surface area contributed by atoms with Crippen LogP contribution >= 0.6 is 11.3 Å². The van der Waals surface area contributed by atoms with Crippen molar-refractivity contribution >= 4 is 34.2 Å². The average Bonchev–Trinajstić information content (AvgIpc) is 3.41. The number of hydrogen-bond donors (Lipinski definition) is 1. The number of carbonyl (C=O) groups is 1. The van der Waals surface area contributed by atoms with Gasteiger partial charge < -0.3 is 9.88 Å². The zero-order chi connectivity index (χ0) is 20.7. The summed E-state index contributed by atoms with van der Waals surface area (Å²) in [5.41, 5.74) is -0.538. The van der Waals surface area contributed by atoms with Crippen LogP contribution < -0.4 is 16.6 Å². The van der Waals surface area contributed by atoms with Gasteiger partial charge in [0, 0.05) is 31.6 Å². The number of amides is 1. The Morgan fingerprint density at radius 1 is 1.28 bits per heavy atom. The molecule has 2 unspecified atom stereocenters. The molecule has 4 rings (SSSR count). The smallest absolute Gasteiger partial charge is 0.312 e. The lowest BCUT2D eigenvalue weighted by Gasteiger charge is -2.17. The Morgan fingerprint density at radius 3 is 2.72 bits per heavy atom. The highest BCUT2D eigenvalue weighted by atomic mass is 32.1. The Labute approximate surface area is 168 Å². The summed E-state index contributed by atoms with van der Waals surface area (Å²) < 4.78 is 3.75. The van der Waals surface area contributed by atoms with Crippen LogP contribution in [0.2, 0.25) is 0 Å². The van der Waals surface area contributed by atoms with Crippen molar-refractivity contribution in [3.8, 4) is 0 Å². The highest BCUT2D eigenvalue weighted by Gasteiger charge is 2.23. The van der Waals surface area contributed by atoms with Gasteiger partial charge in [0.2, 0.25) is 5.91 Å². The van der Waals surface area contributed by atoms with Crippen LogP contribution in [0, 0.1) is 0 Å². The number of carbonyl (C=O) groups excluding carboxylic acids is 1. The van der Waals surface area contributed by atoms with Gasteiger partial charge in [0.1, 0.15) is 16.9 Å². The molecule has 150 valence electrons. The largest absolute Gasteiger partial charge is 0.332 e. The van der Waals surface area contributed by atoms with E-state index in [1.165, 1.54) is 29.6 Å². The Kier molecular flexibility index (Phi) is 4.74. The van der Waals surface area contributed by atoms with Crippen molar-refractivity contribution in [2.24, 2.45) is 19.1 Å². The van der Waals surface area contributed by atoms with Crippen LogP contribution in [0.15, 0.2) is 44.6 Å². The fraction of sp³-hybridized carbons (Fsp3) is 0.333. The van der Waals surface area contributed by atoms with Crippen LogP contribution in [0.5, 0.6) is 0 Å². The van der Waals surface area contributed by atoms with Gasteiger partial charge in [0.25, 0.3) is 5.56 Å². The molecule has 0 radical (unpaired) electrons. The number of aryl methyl sites for hydroxylation is 1. The maximum atomic E-state index is 12.7. The summed E-state index contributed by atoms with van der Waals surface area (Å²) in [5, 5.41) is 5.68. The van der Waals surface area contributed by atoms with Crippen molar-refractivity contribution in [1.82, 2.24) is 29.0 Å². The lowest BCUT2D eigenvalue weighted by molar-refractivity contribution is -0.122. The molecular weight excluding hydrogens is 394 g/mol. The molecule has 1 aliphatic rings. The van der Waals surface area contributed by atoms with E-state index in [9.17, 15) is 14.4 Å². The fourth-order valence-electron chi connectivity index (χ4n) is 3.19. The molecule has 4 heterocycles. The number of thiazole rings is 1. The first-order valence-electron chi connectivity index (χ1n) is 8.94. The first-order valence-corrected chi connectivity index (χ1v) is 9.82. The number of amidine groups is 1. The topological polar surface area (TPSA) is 116 Å². The lowest BCUT2D eigenvalue weighted by atomic mass is 10.1. The Balaban J connectivity index is 1.56. The molecule has 0 aromatic carbocycles. The highest BCUT2D eigenvalue weighted by molar-refractivity contribution is 7.09. The van der Waals surface area contributed by atoms with Gasteiger partial charge in [-0.2, -0.15) is 0 Å². The van der Waals surface area contributed by atoms with Crippen molar-refractivity contribution in [2.75, 3.05) is 6.54 Å². The van der Waals surface area contributed by atoms with E-state index in [4.69, 9.17) is 0 Å². The number of nitrogens with zero attached hydrogens (tertiary/aromatic N) is 6. The number of hydrogen-bond acceptors (Lipinski definition) is 7. The minimum absolute atomic E-state index is 0.106. The van der Waals surface area contributed by atoms with Crippen molar-refractivity contribution in [3.63, 3.8) is 0 Å². The van der Waals surface area contributed by atoms with Crippen LogP contribution in [0.3, 0.4) is 0 Å². The predicted octanol–water partition coefficient (Wildman–Crippen LogP) is 0.319. The Morgan fingerprint density at radius 2 is 2.07 bits per heavy atom. The normalized spacial score (nSPS) is 17.3. The van der Waals surface area contributed by atoms with E-state index >= 15 is 0 Å². The molecule has 3 aromatic rings. The molecule has 29 heavy (non-hydrogen) atoms. The van der Waals surface area contributed by atoms with E-state index in [1.807, 2.05) is 11.5 Å². The molecule has 0 spiro atoms. The maximum Gasteiger partial charge on any atom is 0.332 e. The summed E-state index contributed by atoms with van der Waals surface area (Å²) in [6, 6.07) is -0.724. The SMILES string of the molecule is CC(C(=O)NC1=NCC(c2nccs2)C=C1)n1cnc2c1c(=O)n(C)c(=O)n2C. The zero-order valence-corrected chi connectivity index (χ0v) is 16.9. The van der Waals surface area contributed by atoms with Crippen molar-refractivity contribution in [2.45, 2.75) is 18.9 Å². The molecule has 0 aliphatic carbocycles. The van der Waals surface area contributed by atoms with Crippen LogP contribution in [0.4, 0.5) is 0 Å². The van der Waals surface area contributed by atoms with Gasteiger partial charge >= 0.3 is 5.69 Å². The molecule has 0 fully saturated rings. The number of nitrogens with one attached hydrogen (secondary N) is 1. The van der Waals surface area contributed by atoms with Gasteiger partial charge in [-0.25, -0.2) is 14.8 Å². The number of dihydropyridines is 1. The third kappa shape index (κ3) is 3.23. The Hall–Kier alpha value is -3.34. The second-order valence-corrected chi connectivity index (χ2v) is 7.68. The van der Waals surface area contributed by atoms with Gasteiger partial charge in [-0.3, -0.25) is 23.7 Å². The molecule has 0 bridgehead atoms. The second-order valence-electron chi connectivity index (χ2n) is 6.76. The van der Waals surface area contributed by atoms with Crippen LogP contribution in [0.1, 0.15) is 23.9 Å². The van der Waals surface area contributed by atoms with Gasteiger partial charge in [0.05, 0.1) is 12.9 Å². The molecule has 0 saturated heterocycles. The van der Waals surface area contributed by atoms with Gasteiger partial charge in [0.15, 0.2) is 11.2 Å². The predicted molar refractivity (Wildman–Crippen MR) is 109 cm³/mol. The molecule has 10 nitrogen and oxygen atoms in total. The zero-order valence-electron chi connectivity index (χ0n) is 16.1. The molecule has 1 amide bonds. The number of fused-ring (bicyclic) bond motifs is 1. The van der Waals surface area contributed by atoms with E-state index in [2.05, 4.69) is 20.3 Å². The second kappa shape index (κ2) is 7.24. The van der Waals surface area contributed by atoms with Crippen LogP contribution in [0.25, 0.3) is 11.2 Å². The molecular formula is C18H19N7O3S. The summed E-state index contributed by atoms with van der Waals surface area (Å²) in [6.45, 7) is 2.16. The van der Waals surface area contributed by atoms with Crippen molar-refractivity contribution in [3.05, 3.63) is 55.9 Å². The van der Waals surface area contributed by atoms with E-state index < -0.39 is 17.3 Å². The molecule has 3 aromatic heterocycles. The first kappa shape index (κ1) is 19.0. The monoisotopic (exact) mass is 413 g/mol. The molecule has 1 aliphatic heterocycles. The number of rotatable bonds is 3. The highest BCUT2D eigenvalue weighted by Crippen LogP contribution is 2.22. The molecule has 1 N–H and O–H groups in total. The standard InChI is InChI=1S/C18H19N7O3S/c1-10(25-9-21-14-13(25)17(27)24(3)18(28)23(14)2)15(26)22-12-5-4-11(8-20-12)16-19-6-7-29-16/h4-7,9-11H,8H2,1-3H3,(H,20,22,26). The first-order chi connectivity index (χ1) is 13.9. The van der Waals surface area contributed by atoms with Gasteiger partial charge in [-0.1, -0.05) is 6.08 Å². The maximum absolute atomic E-state index is 12.7. The van der Waals surface area contributed by atoms with E-state index in [0.29, 0.717) is 12.4 Å². The molecule has 0 saturated carbocycles. The number of aliphatic imine (C=N–C) groups is 1.